The highest BCUT2D eigenvalue weighted by atomic mass is 19.1. The molecule has 5 nitrogen and oxygen atoms in total. The number of amides is 1. The van der Waals surface area contributed by atoms with Crippen molar-refractivity contribution in [3.63, 3.8) is 0 Å². The molecule has 1 amide bonds. The van der Waals surface area contributed by atoms with Gasteiger partial charge in [0, 0.05) is 36.4 Å². The van der Waals surface area contributed by atoms with Gasteiger partial charge in [0.15, 0.2) is 5.69 Å². The van der Waals surface area contributed by atoms with E-state index in [-0.39, 0.29) is 11.7 Å². The predicted octanol–water partition coefficient (Wildman–Crippen LogP) is 3.74. The molecule has 0 bridgehead atoms. The number of halogens is 1. The van der Waals surface area contributed by atoms with Gasteiger partial charge in [-0.15, -0.1) is 0 Å². The zero-order chi connectivity index (χ0) is 20.3. The number of hydrogen-bond acceptors (Lipinski definition) is 3. The van der Waals surface area contributed by atoms with E-state index >= 15 is 0 Å². The topological polar surface area (TPSA) is 50.2 Å². The van der Waals surface area contributed by atoms with Crippen molar-refractivity contribution in [1.29, 1.82) is 0 Å². The minimum atomic E-state index is -0.275. The van der Waals surface area contributed by atoms with Crippen molar-refractivity contribution in [3.05, 3.63) is 47.0 Å². The van der Waals surface area contributed by atoms with Gasteiger partial charge in [0.2, 0.25) is 0 Å². The van der Waals surface area contributed by atoms with Gasteiger partial charge in [0.25, 0.3) is 5.91 Å². The average molecular weight is 387 g/mol. The molecule has 6 heteroatoms. The minimum absolute atomic E-state index is 0.119. The van der Waals surface area contributed by atoms with Crippen molar-refractivity contribution in [1.82, 2.24) is 20.0 Å². The van der Waals surface area contributed by atoms with Gasteiger partial charge in [-0.05, 0) is 77.6 Å². The molecular weight excluding hydrogens is 355 g/mol. The quantitative estimate of drug-likeness (QED) is 0.789. The van der Waals surface area contributed by atoms with Crippen molar-refractivity contribution in [2.45, 2.75) is 65.5 Å². The van der Waals surface area contributed by atoms with E-state index in [0.717, 1.165) is 49.2 Å². The van der Waals surface area contributed by atoms with E-state index < -0.39 is 0 Å². The molecular formula is C22H31FN4O. The third kappa shape index (κ3) is 4.43. The molecule has 0 saturated carbocycles. The van der Waals surface area contributed by atoms with Crippen molar-refractivity contribution in [2.75, 3.05) is 13.1 Å². The molecule has 0 radical (unpaired) electrons. The van der Waals surface area contributed by atoms with Crippen LogP contribution >= 0.6 is 0 Å². The summed E-state index contributed by atoms with van der Waals surface area (Å²) in [7, 11) is 0. The van der Waals surface area contributed by atoms with Crippen LogP contribution in [0, 0.1) is 5.82 Å². The average Bonchev–Trinajstić information content (AvgIpc) is 3.05. The number of rotatable bonds is 7. The first kappa shape index (κ1) is 20.5. The van der Waals surface area contributed by atoms with Crippen LogP contribution < -0.4 is 5.32 Å². The van der Waals surface area contributed by atoms with Gasteiger partial charge in [-0.1, -0.05) is 0 Å². The second-order valence-corrected chi connectivity index (χ2v) is 8.05. The Morgan fingerprint density at radius 2 is 1.79 bits per heavy atom. The fourth-order valence-corrected chi connectivity index (χ4v) is 4.07. The van der Waals surface area contributed by atoms with Crippen LogP contribution in [0.5, 0.6) is 0 Å². The normalized spacial score (nSPS) is 14.0. The highest BCUT2D eigenvalue weighted by Crippen LogP contribution is 2.27. The Labute approximate surface area is 166 Å². The van der Waals surface area contributed by atoms with E-state index in [1.54, 1.807) is 12.1 Å². The molecule has 1 N–H and O–H groups in total. The van der Waals surface area contributed by atoms with Crippen molar-refractivity contribution >= 4 is 5.91 Å². The zero-order valence-corrected chi connectivity index (χ0v) is 17.3. The van der Waals surface area contributed by atoms with Crippen LogP contribution in [-0.2, 0) is 12.8 Å². The van der Waals surface area contributed by atoms with Crippen molar-refractivity contribution in [2.24, 2.45) is 0 Å². The van der Waals surface area contributed by atoms with E-state index in [2.05, 4.69) is 43.0 Å². The van der Waals surface area contributed by atoms with Crippen LogP contribution in [0.3, 0.4) is 0 Å². The molecule has 0 aliphatic heterocycles. The molecule has 152 valence electrons. The van der Waals surface area contributed by atoms with Crippen molar-refractivity contribution in [3.8, 4) is 5.69 Å². The Bertz CT molecular complexity index is 803. The van der Waals surface area contributed by atoms with Crippen LogP contribution in [-0.4, -0.2) is 45.8 Å². The van der Waals surface area contributed by atoms with Gasteiger partial charge in [-0.25, -0.2) is 9.07 Å². The summed E-state index contributed by atoms with van der Waals surface area (Å²) in [6, 6.07) is 7.14. The van der Waals surface area contributed by atoms with Gasteiger partial charge in [-0.3, -0.25) is 9.69 Å². The highest BCUT2D eigenvalue weighted by molar-refractivity contribution is 5.94. The van der Waals surface area contributed by atoms with E-state index in [1.807, 2.05) is 4.68 Å². The summed E-state index contributed by atoms with van der Waals surface area (Å²) < 4.78 is 15.1. The smallest absolute Gasteiger partial charge is 0.272 e. The number of benzene rings is 1. The lowest BCUT2D eigenvalue weighted by Crippen LogP contribution is -2.42. The van der Waals surface area contributed by atoms with Crippen LogP contribution in [0.15, 0.2) is 24.3 Å². The van der Waals surface area contributed by atoms with Gasteiger partial charge in [-0.2, -0.15) is 5.10 Å². The number of carbonyl (C=O) groups is 1. The summed E-state index contributed by atoms with van der Waals surface area (Å²) >= 11 is 0. The molecule has 1 aliphatic rings. The molecule has 28 heavy (non-hydrogen) atoms. The molecule has 1 heterocycles. The monoisotopic (exact) mass is 386 g/mol. The van der Waals surface area contributed by atoms with Crippen LogP contribution in [0.25, 0.3) is 5.69 Å². The van der Waals surface area contributed by atoms with Crippen LogP contribution in [0.1, 0.15) is 62.3 Å². The molecule has 2 aromatic rings. The number of nitrogens with zero attached hydrogens (tertiary/aromatic N) is 3. The molecule has 1 aromatic heterocycles. The summed E-state index contributed by atoms with van der Waals surface area (Å²) in [5.74, 6) is -0.394. The molecule has 3 rings (SSSR count). The third-order valence-corrected chi connectivity index (χ3v) is 5.45. The molecule has 0 saturated heterocycles. The molecule has 0 spiro atoms. The number of fused-ring (bicyclic) bond motifs is 1. The number of hydrogen-bond donors (Lipinski definition) is 1. The summed E-state index contributed by atoms with van der Waals surface area (Å²) in [6.07, 6.45) is 3.90. The fraction of sp³-hybridized carbons (Fsp3) is 0.545. The number of nitrogens with one attached hydrogen (secondary N) is 1. The molecule has 0 unspecified atom stereocenters. The number of carbonyl (C=O) groups excluding carboxylic acids is 1. The van der Waals surface area contributed by atoms with Crippen LogP contribution in [0.2, 0.25) is 0 Å². The van der Waals surface area contributed by atoms with E-state index in [0.29, 0.717) is 24.3 Å². The Morgan fingerprint density at radius 3 is 2.43 bits per heavy atom. The summed E-state index contributed by atoms with van der Waals surface area (Å²) in [5, 5.41) is 7.67. The minimum Gasteiger partial charge on any atom is -0.349 e. The lowest BCUT2D eigenvalue weighted by Gasteiger charge is -2.30. The Morgan fingerprint density at radius 1 is 1.14 bits per heavy atom. The second-order valence-electron chi connectivity index (χ2n) is 8.05. The van der Waals surface area contributed by atoms with E-state index in [9.17, 15) is 9.18 Å². The predicted molar refractivity (Wildman–Crippen MR) is 109 cm³/mol. The Balaban J connectivity index is 1.78. The van der Waals surface area contributed by atoms with Gasteiger partial charge < -0.3 is 5.32 Å². The maximum Gasteiger partial charge on any atom is 0.272 e. The highest BCUT2D eigenvalue weighted by Gasteiger charge is 2.25. The SMILES string of the molecule is CC(C)N(CCNC(=O)c1nn(-c2ccc(F)cc2)c2c1CCCC2)C(C)C. The first-order chi connectivity index (χ1) is 13.4. The molecule has 0 fully saturated rings. The zero-order valence-electron chi connectivity index (χ0n) is 17.3. The first-order valence-corrected chi connectivity index (χ1v) is 10.3. The maximum atomic E-state index is 13.3. The summed E-state index contributed by atoms with van der Waals surface area (Å²) in [4.78, 5) is 15.2. The van der Waals surface area contributed by atoms with Gasteiger partial charge in [0.1, 0.15) is 5.82 Å². The van der Waals surface area contributed by atoms with Crippen molar-refractivity contribution < 1.29 is 9.18 Å². The Kier molecular flexibility index (Phi) is 6.50. The second kappa shape index (κ2) is 8.86. The fourth-order valence-electron chi connectivity index (χ4n) is 4.07. The largest absolute Gasteiger partial charge is 0.349 e. The summed E-state index contributed by atoms with van der Waals surface area (Å²) in [5.41, 5.74) is 3.43. The maximum absolute atomic E-state index is 13.3. The van der Waals surface area contributed by atoms with E-state index in [1.165, 1.54) is 12.1 Å². The number of aromatic nitrogens is 2. The lowest BCUT2D eigenvalue weighted by molar-refractivity contribution is 0.0933. The molecule has 1 aromatic carbocycles. The summed E-state index contributed by atoms with van der Waals surface area (Å²) in [6.45, 7) is 10.1. The third-order valence-electron chi connectivity index (χ3n) is 5.45. The van der Waals surface area contributed by atoms with Gasteiger partial charge in [0.05, 0.1) is 5.69 Å². The first-order valence-electron chi connectivity index (χ1n) is 10.3. The standard InChI is InChI=1S/C22H31FN4O/c1-15(2)26(16(3)4)14-13-24-22(28)21-19-7-5-6-8-20(19)27(25-21)18-11-9-17(23)10-12-18/h9-12,15-16H,5-8,13-14H2,1-4H3,(H,24,28). The van der Waals surface area contributed by atoms with Gasteiger partial charge >= 0.3 is 0 Å². The van der Waals surface area contributed by atoms with Crippen LogP contribution in [0.4, 0.5) is 4.39 Å². The lowest BCUT2D eigenvalue weighted by atomic mass is 9.95. The molecule has 0 atom stereocenters. The Hall–Kier alpha value is -2.21. The molecule has 1 aliphatic carbocycles. The van der Waals surface area contributed by atoms with E-state index in [4.69, 9.17) is 0 Å².